The van der Waals surface area contributed by atoms with Gasteiger partial charge in [-0.25, -0.2) is 4.79 Å². The summed E-state index contributed by atoms with van der Waals surface area (Å²) in [5.74, 6) is 0.681. The molecule has 3 N–H and O–H groups in total. The summed E-state index contributed by atoms with van der Waals surface area (Å²) in [5, 5.41) is 15.8. The zero-order valence-electron chi connectivity index (χ0n) is 14.7. The Morgan fingerprint density at radius 3 is 2.33 bits per heavy atom. The lowest BCUT2D eigenvalue weighted by Crippen LogP contribution is -2.43. The van der Waals surface area contributed by atoms with Gasteiger partial charge in [0.25, 0.3) is 0 Å². The van der Waals surface area contributed by atoms with Crippen molar-refractivity contribution in [2.45, 2.75) is 45.1 Å². The summed E-state index contributed by atoms with van der Waals surface area (Å²) in [4.78, 5) is 12.0. The van der Waals surface area contributed by atoms with E-state index >= 15 is 0 Å². The highest BCUT2D eigenvalue weighted by Crippen LogP contribution is 2.23. The number of furan rings is 1. The topological polar surface area (TPSA) is 74.5 Å². The number of rotatable bonds is 5. The van der Waals surface area contributed by atoms with E-state index in [1.54, 1.807) is 25.3 Å². The van der Waals surface area contributed by atoms with E-state index in [0.29, 0.717) is 17.9 Å². The molecular formula is C19H26N2O3. The van der Waals surface area contributed by atoms with E-state index in [9.17, 15) is 9.90 Å². The predicted molar refractivity (Wildman–Crippen MR) is 95.2 cm³/mol. The summed E-state index contributed by atoms with van der Waals surface area (Å²) in [6.45, 7) is 8.21. The first-order valence-electron chi connectivity index (χ1n) is 8.06. The van der Waals surface area contributed by atoms with Crippen molar-refractivity contribution in [1.82, 2.24) is 5.32 Å². The molecule has 1 unspecified atom stereocenters. The average molecular weight is 330 g/mol. The van der Waals surface area contributed by atoms with Crippen LogP contribution in [0.3, 0.4) is 0 Å². The van der Waals surface area contributed by atoms with Crippen molar-refractivity contribution in [3.8, 4) is 0 Å². The standard InChI is InChI=1S/C19H26N2O3/c1-18(2,3)14-7-9-15(10-8-14)21-17(22)20-13-19(4,23)12-16-6-5-11-24-16/h5-11,23H,12-13H2,1-4H3,(H2,20,21,22). The second kappa shape index (κ2) is 7.09. The molecule has 0 aliphatic rings. The monoisotopic (exact) mass is 330 g/mol. The van der Waals surface area contributed by atoms with E-state index in [-0.39, 0.29) is 18.0 Å². The van der Waals surface area contributed by atoms with Crippen LogP contribution in [0.2, 0.25) is 0 Å². The van der Waals surface area contributed by atoms with E-state index in [1.807, 2.05) is 24.3 Å². The van der Waals surface area contributed by atoms with Gasteiger partial charge >= 0.3 is 6.03 Å². The van der Waals surface area contributed by atoms with Gasteiger partial charge in [0.15, 0.2) is 0 Å². The maximum Gasteiger partial charge on any atom is 0.319 e. The highest BCUT2D eigenvalue weighted by Gasteiger charge is 2.23. The smallest absolute Gasteiger partial charge is 0.319 e. The van der Waals surface area contributed by atoms with Gasteiger partial charge < -0.3 is 20.2 Å². The molecule has 2 aromatic rings. The number of benzene rings is 1. The Labute approximate surface area is 143 Å². The number of amides is 2. The Hall–Kier alpha value is -2.27. The minimum absolute atomic E-state index is 0.0747. The van der Waals surface area contributed by atoms with Crippen LogP contribution in [0.15, 0.2) is 47.1 Å². The molecule has 5 nitrogen and oxygen atoms in total. The maximum absolute atomic E-state index is 12.0. The molecule has 0 spiro atoms. The van der Waals surface area contributed by atoms with Crippen LogP contribution in [-0.4, -0.2) is 23.3 Å². The normalized spacial score (nSPS) is 14.0. The lowest BCUT2D eigenvalue weighted by molar-refractivity contribution is 0.0577. The molecule has 0 radical (unpaired) electrons. The molecule has 0 fully saturated rings. The Balaban J connectivity index is 1.84. The summed E-state index contributed by atoms with van der Waals surface area (Å²) >= 11 is 0. The predicted octanol–water partition coefficient (Wildman–Crippen LogP) is 3.69. The van der Waals surface area contributed by atoms with Crippen molar-refractivity contribution in [2.75, 3.05) is 11.9 Å². The molecule has 1 aromatic heterocycles. The first kappa shape index (κ1) is 18.1. The summed E-state index contributed by atoms with van der Waals surface area (Å²) in [6.07, 6.45) is 1.90. The van der Waals surface area contributed by atoms with Gasteiger partial charge in [-0.3, -0.25) is 0 Å². The fourth-order valence-corrected chi connectivity index (χ4v) is 2.35. The number of urea groups is 1. The second-order valence-corrected chi connectivity index (χ2v) is 7.39. The molecule has 1 heterocycles. The van der Waals surface area contributed by atoms with Crippen LogP contribution in [0.1, 0.15) is 39.0 Å². The van der Waals surface area contributed by atoms with E-state index in [2.05, 4.69) is 31.4 Å². The molecule has 2 amide bonds. The summed E-state index contributed by atoms with van der Waals surface area (Å²) in [7, 11) is 0. The molecule has 24 heavy (non-hydrogen) atoms. The summed E-state index contributed by atoms with van der Waals surface area (Å²) in [5.41, 5.74) is 0.914. The van der Waals surface area contributed by atoms with Crippen molar-refractivity contribution >= 4 is 11.7 Å². The fourth-order valence-electron chi connectivity index (χ4n) is 2.35. The SMILES string of the molecule is CC(O)(CNC(=O)Nc1ccc(C(C)(C)C)cc1)Cc1ccco1. The van der Waals surface area contributed by atoms with Crippen LogP contribution in [-0.2, 0) is 11.8 Å². The highest BCUT2D eigenvalue weighted by molar-refractivity contribution is 5.89. The molecule has 2 rings (SSSR count). The number of aliphatic hydroxyl groups is 1. The molecule has 0 saturated carbocycles. The van der Waals surface area contributed by atoms with Gasteiger partial charge in [-0.05, 0) is 42.2 Å². The Kier molecular flexibility index (Phi) is 5.34. The van der Waals surface area contributed by atoms with E-state index in [4.69, 9.17) is 4.42 Å². The van der Waals surface area contributed by atoms with Crippen molar-refractivity contribution in [1.29, 1.82) is 0 Å². The second-order valence-electron chi connectivity index (χ2n) is 7.39. The number of nitrogens with one attached hydrogen (secondary N) is 2. The molecule has 0 aliphatic heterocycles. The van der Waals surface area contributed by atoms with Crippen LogP contribution < -0.4 is 10.6 Å². The third kappa shape index (κ3) is 5.42. The Bertz CT molecular complexity index is 653. The first-order chi connectivity index (χ1) is 11.2. The largest absolute Gasteiger partial charge is 0.469 e. The van der Waals surface area contributed by atoms with Gasteiger partial charge in [0.05, 0.1) is 11.9 Å². The van der Waals surface area contributed by atoms with Crippen LogP contribution >= 0.6 is 0 Å². The number of hydrogen-bond donors (Lipinski definition) is 3. The lowest BCUT2D eigenvalue weighted by Gasteiger charge is -2.23. The van der Waals surface area contributed by atoms with E-state index in [1.165, 1.54) is 5.56 Å². The summed E-state index contributed by atoms with van der Waals surface area (Å²) in [6, 6.07) is 11.0. The zero-order chi connectivity index (χ0) is 17.8. The van der Waals surface area contributed by atoms with Crippen molar-refractivity contribution in [3.05, 3.63) is 54.0 Å². The van der Waals surface area contributed by atoms with E-state index in [0.717, 1.165) is 0 Å². The number of carbonyl (C=O) groups excluding carboxylic acids is 1. The maximum atomic E-state index is 12.0. The van der Waals surface area contributed by atoms with Gasteiger partial charge in [-0.1, -0.05) is 32.9 Å². The number of carbonyl (C=O) groups is 1. The zero-order valence-corrected chi connectivity index (χ0v) is 14.7. The molecule has 5 heteroatoms. The van der Waals surface area contributed by atoms with Crippen molar-refractivity contribution in [2.24, 2.45) is 0 Å². The van der Waals surface area contributed by atoms with Crippen molar-refractivity contribution < 1.29 is 14.3 Å². The van der Waals surface area contributed by atoms with E-state index < -0.39 is 5.60 Å². The van der Waals surface area contributed by atoms with Crippen molar-refractivity contribution in [3.63, 3.8) is 0 Å². The third-order valence-electron chi connectivity index (χ3n) is 3.77. The quantitative estimate of drug-likeness (QED) is 0.782. The van der Waals surface area contributed by atoms with Crippen LogP contribution in [0.25, 0.3) is 0 Å². The number of anilines is 1. The average Bonchev–Trinajstić information content (AvgIpc) is 2.97. The van der Waals surface area contributed by atoms with Gasteiger partial charge in [-0.15, -0.1) is 0 Å². The van der Waals surface area contributed by atoms with Crippen LogP contribution in [0, 0.1) is 0 Å². The summed E-state index contributed by atoms with van der Waals surface area (Å²) < 4.78 is 5.22. The Morgan fingerprint density at radius 1 is 1.12 bits per heavy atom. The molecule has 0 saturated heterocycles. The molecular weight excluding hydrogens is 304 g/mol. The third-order valence-corrected chi connectivity index (χ3v) is 3.77. The molecule has 0 aliphatic carbocycles. The molecule has 1 aromatic carbocycles. The fraction of sp³-hybridized carbons (Fsp3) is 0.421. The van der Waals surface area contributed by atoms with Gasteiger partial charge in [0, 0.05) is 18.7 Å². The highest BCUT2D eigenvalue weighted by atomic mass is 16.3. The van der Waals surface area contributed by atoms with Crippen LogP contribution in [0.4, 0.5) is 10.5 Å². The Morgan fingerprint density at radius 2 is 1.79 bits per heavy atom. The van der Waals surface area contributed by atoms with Gasteiger partial charge in [0.1, 0.15) is 5.76 Å². The molecule has 0 bridgehead atoms. The molecule has 130 valence electrons. The van der Waals surface area contributed by atoms with Gasteiger partial charge in [-0.2, -0.15) is 0 Å². The number of hydrogen-bond acceptors (Lipinski definition) is 3. The lowest BCUT2D eigenvalue weighted by atomic mass is 9.87. The molecule has 1 atom stereocenters. The minimum atomic E-state index is -1.08. The van der Waals surface area contributed by atoms with Crippen LogP contribution in [0.5, 0.6) is 0 Å². The minimum Gasteiger partial charge on any atom is -0.469 e. The van der Waals surface area contributed by atoms with Gasteiger partial charge in [0.2, 0.25) is 0 Å². The first-order valence-corrected chi connectivity index (χ1v) is 8.06.